The highest BCUT2D eigenvalue weighted by Crippen LogP contribution is 2.11. The molecule has 0 saturated carbocycles. The van der Waals surface area contributed by atoms with Crippen molar-refractivity contribution in [1.29, 1.82) is 0 Å². The predicted octanol–water partition coefficient (Wildman–Crippen LogP) is 1.56. The van der Waals surface area contributed by atoms with Crippen molar-refractivity contribution in [2.45, 2.75) is 13.0 Å². The molecule has 18 heavy (non-hydrogen) atoms. The lowest BCUT2D eigenvalue weighted by Crippen LogP contribution is -2.22. The second-order valence-electron chi connectivity index (χ2n) is 3.90. The summed E-state index contributed by atoms with van der Waals surface area (Å²) in [4.78, 5) is 1.63. The molecule has 0 saturated heterocycles. The van der Waals surface area contributed by atoms with Crippen molar-refractivity contribution in [2.75, 3.05) is 20.3 Å². The Bertz CT molecular complexity index is 469. The standard InChI is InChI=1S/C13H18N4O/c1-3-18-10-13(14-2)12-9-15-17(16-12)11-7-5-4-6-8-11/h4-9,13-14H,3,10H2,1-2H3. The van der Waals surface area contributed by atoms with Crippen LogP contribution in [-0.4, -0.2) is 35.3 Å². The van der Waals surface area contributed by atoms with Crippen molar-refractivity contribution in [3.63, 3.8) is 0 Å². The van der Waals surface area contributed by atoms with E-state index in [1.165, 1.54) is 0 Å². The Morgan fingerprint density at radius 3 is 2.78 bits per heavy atom. The molecule has 1 N–H and O–H groups in total. The zero-order valence-electron chi connectivity index (χ0n) is 10.7. The van der Waals surface area contributed by atoms with E-state index in [0.29, 0.717) is 13.2 Å². The van der Waals surface area contributed by atoms with Crippen molar-refractivity contribution < 1.29 is 4.74 Å². The molecule has 1 aromatic heterocycles. The summed E-state index contributed by atoms with van der Waals surface area (Å²) in [5.74, 6) is 0. The molecular formula is C13H18N4O. The molecule has 0 aliphatic rings. The third-order valence-corrected chi connectivity index (χ3v) is 2.69. The number of nitrogens with one attached hydrogen (secondary N) is 1. The van der Waals surface area contributed by atoms with Crippen LogP contribution in [0.3, 0.4) is 0 Å². The number of benzene rings is 1. The summed E-state index contributed by atoms with van der Waals surface area (Å²) in [7, 11) is 1.89. The van der Waals surface area contributed by atoms with Crippen molar-refractivity contribution in [3.8, 4) is 5.69 Å². The highest BCUT2D eigenvalue weighted by Gasteiger charge is 2.13. The predicted molar refractivity (Wildman–Crippen MR) is 69.7 cm³/mol. The molecule has 5 heteroatoms. The number of para-hydroxylation sites is 1. The van der Waals surface area contributed by atoms with E-state index < -0.39 is 0 Å². The molecule has 1 heterocycles. The second kappa shape index (κ2) is 6.28. The molecule has 0 spiro atoms. The summed E-state index contributed by atoms with van der Waals surface area (Å²) < 4.78 is 5.42. The lowest BCUT2D eigenvalue weighted by molar-refractivity contribution is 0.124. The highest BCUT2D eigenvalue weighted by molar-refractivity contribution is 5.28. The average molecular weight is 246 g/mol. The lowest BCUT2D eigenvalue weighted by atomic mass is 10.2. The van der Waals surface area contributed by atoms with E-state index in [1.807, 2.05) is 44.3 Å². The molecule has 0 bridgehead atoms. The first-order chi connectivity index (χ1) is 8.85. The van der Waals surface area contributed by atoms with Crippen LogP contribution in [0.4, 0.5) is 0 Å². The van der Waals surface area contributed by atoms with Crippen LogP contribution in [-0.2, 0) is 4.74 Å². The Hall–Kier alpha value is -1.72. The van der Waals surface area contributed by atoms with Crippen molar-refractivity contribution in [1.82, 2.24) is 20.3 Å². The lowest BCUT2D eigenvalue weighted by Gasteiger charge is -2.12. The molecule has 0 aliphatic carbocycles. The molecule has 0 fully saturated rings. The topological polar surface area (TPSA) is 52.0 Å². The van der Waals surface area contributed by atoms with E-state index in [9.17, 15) is 0 Å². The van der Waals surface area contributed by atoms with Gasteiger partial charge in [-0.1, -0.05) is 18.2 Å². The van der Waals surface area contributed by atoms with Gasteiger partial charge in [0, 0.05) is 6.61 Å². The van der Waals surface area contributed by atoms with E-state index in [-0.39, 0.29) is 6.04 Å². The molecule has 2 aromatic rings. The zero-order chi connectivity index (χ0) is 12.8. The summed E-state index contributed by atoms with van der Waals surface area (Å²) in [6.07, 6.45) is 1.77. The Morgan fingerprint density at radius 2 is 2.11 bits per heavy atom. The minimum atomic E-state index is 0.0717. The third kappa shape index (κ3) is 2.94. The van der Waals surface area contributed by atoms with E-state index in [4.69, 9.17) is 4.74 Å². The Balaban J connectivity index is 2.14. The minimum absolute atomic E-state index is 0.0717. The number of hydrogen-bond donors (Lipinski definition) is 1. The maximum Gasteiger partial charge on any atom is 0.102 e. The molecular weight excluding hydrogens is 228 g/mol. The third-order valence-electron chi connectivity index (χ3n) is 2.69. The summed E-state index contributed by atoms with van der Waals surface area (Å²) in [6.45, 7) is 3.28. The maximum atomic E-state index is 5.42. The molecule has 1 aromatic carbocycles. The monoisotopic (exact) mass is 246 g/mol. The van der Waals surface area contributed by atoms with Gasteiger partial charge in [0.25, 0.3) is 0 Å². The van der Waals surface area contributed by atoms with Gasteiger partial charge in [-0.2, -0.15) is 15.0 Å². The molecule has 2 rings (SSSR count). The average Bonchev–Trinajstić information content (AvgIpc) is 2.90. The molecule has 0 radical (unpaired) electrons. The van der Waals surface area contributed by atoms with Gasteiger partial charge in [-0.15, -0.1) is 0 Å². The second-order valence-corrected chi connectivity index (χ2v) is 3.90. The molecule has 1 unspecified atom stereocenters. The van der Waals surface area contributed by atoms with Gasteiger partial charge in [0.15, 0.2) is 0 Å². The van der Waals surface area contributed by atoms with Crippen LogP contribution in [0.15, 0.2) is 36.5 Å². The molecule has 1 atom stereocenters. The quantitative estimate of drug-likeness (QED) is 0.840. The van der Waals surface area contributed by atoms with Gasteiger partial charge in [-0.3, -0.25) is 0 Å². The van der Waals surface area contributed by atoms with Gasteiger partial charge in [-0.25, -0.2) is 0 Å². The van der Waals surface area contributed by atoms with Gasteiger partial charge in [0.2, 0.25) is 0 Å². The van der Waals surface area contributed by atoms with Crippen molar-refractivity contribution in [2.24, 2.45) is 0 Å². The summed E-state index contributed by atoms with van der Waals surface area (Å²) in [6, 6.07) is 9.92. The van der Waals surface area contributed by atoms with Gasteiger partial charge in [0.1, 0.15) is 5.69 Å². The summed E-state index contributed by atoms with van der Waals surface area (Å²) >= 11 is 0. The van der Waals surface area contributed by atoms with Gasteiger partial charge < -0.3 is 10.1 Å². The molecule has 0 amide bonds. The van der Waals surface area contributed by atoms with Crippen molar-refractivity contribution >= 4 is 0 Å². The smallest absolute Gasteiger partial charge is 0.102 e. The Kier molecular flexibility index (Phi) is 4.44. The SMILES string of the molecule is CCOCC(NC)c1cnn(-c2ccccc2)n1. The first-order valence-electron chi connectivity index (χ1n) is 6.07. The fourth-order valence-electron chi connectivity index (χ4n) is 1.67. The highest BCUT2D eigenvalue weighted by atomic mass is 16.5. The fraction of sp³-hybridized carbons (Fsp3) is 0.385. The fourth-order valence-corrected chi connectivity index (χ4v) is 1.67. The van der Waals surface area contributed by atoms with Crippen LogP contribution >= 0.6 is 0 Å². The van der Waals surface area contributed by atoms with Gasteiger partial charge >= 0.3 is 0 Å². The van der Waals surface area contributed by atoms with Gasteiger partial charge in [-0.05, 0) is 26.1 Å². The first kappa shape index (κ1) is 12.7. The summed E-state index contributed by atoms with van der Waals surface area (Å²) in [5, 5.41) is 11.9. The van der Waals surface area contributed by atoms with E-state index in [2.05, 4.69) is 15.5 Å². The molecule has 0 aliphatic heterocycles. The van der Waals surface area contributed by atoms with E-state index in [1.54, 1.807) is 11.0 Å². The van der Waals surface area contributed by atoms with Crippen LogP contribution in [0.1, 0.15) is 18.7 Å². The van der Waals surface area contributed by atoms with Crippen LogP contribution in [0.5, 0.6) is 0 Å². The number of ether oxygens (including phenoxy) is 1. The number of aromatic nitrogens is 3. The Labute approximate surface area is 107 Å². The van der Waals surface area contributed by atoms with E-state index >= 15 is 0 Å². The van der Waals surface area contributed by atoms with E-state index in [0.717, 1.165) is 11.4 Å². The molecule has 5 nitrogen and oxygen atoms in total. The number of likely N-dealkylation sites (N-methyl/N-ethyl adjacent to an activating group) is 1. The number of nitrogens with zero attached hydrogens (tertiary/aromatic N) is 3. The first-order valence-corrected chi connectivity index (χ1v) is 6.07. The normalized spacial score (nSPS) is 12.6. The Morgan fingerprint density at radius 1 is 1.33 bits per heavy atom. The number of rotatable bonds is 6. The zero-order valence-corrected chi connectivity index (χ0v) is 10.7. The van der Waals surface area contributed by atoms with Crippen LogP contribution in [0.25, 0.3) is 5.69 Å². The van der Waals surface area contributed by atoms with Crippen LogP contribution in [0, 0.1) is 0 Å². The number of hydrogen-bond acceptors (Lipinski definition) is 4. The minimum Gasteiger partial charge on any atom is -0.380 e. The van der Waals surface area contributed by atoms with Gasteiger partial charge in [0.05, 0.1) is 24.5 Å². The van der Waals surface area contributed by atoms with Crippen LogP contribution in [0.2, 0.25) is 0 Å². The maximum absolute atomic E-state index is 5.42. The van der Waals surface area contributed by atoms with Crippen molar-refractivity contribution in [3.05, 3.63) is 42.2 Å². The largest absolute Gasteiger partial charge is 0.380 e. The van der Waals surface area contributed by atoms with Crippen LogP contribution < -0.4 is 5.32 Å². The molecule has 96 valence electrons. The summed E-state index contributed by atoms with van der Waals surface area (Å²) in [5.41, 5.74) is 1.84.